The van der Waals surface area contributed by atoms with Crippen molar-refractivity contribution in [3.05, 3.63) is 42.0 Å². The summed E-state index contributed by atoms with van der Waals surface area (Å²) in [7, 11) is 0. The summed E-state index contributed by atoms with van der Waals surface area (Å²) in [6, 6.07) is 7.11. The van der Waals surface area contributed by atoms with E-state index in [1.54, 1.807) is 24.3 Å². The minimum Gasteiger partial charge on any atom is -0.349 e. The minimum absolute atomic E-state index is 0.118. The Morgan fingerprint density at radius 2 is 1.81 bits per heavy atom. The van der Waals surface area contributed by atoms with Crippen LogP contribution in [0.1, 0.15) is 48.9 Å². The molecule has 0 unspecified atom stereocenters. The highest BCUT2D eigenvalue weighted by atomic mass is 16.2. The van der Waals surface area contributed by atoms with Gasteiger partial charge in [-0.3, -0.25) is 19.8 Å². The number of hydrogen-bond acceptors (Lipinski definition) is 3. The number of rotatable bonds is 3. The van der Waals surface area contributed by atoms with Crippen molar-refractivity contribution in [1.82, 2.24) is 10.7 Å². The van der Waals surface area contributed by atoms with Crippen LogP contribution in [0.5, 0.6) is 0 Å². The maximum absolute atomic E-state index is 12.8. The number of hydrazine groups is 1. The van der Waals surface area contributed by atoms with E-state index < -0.39 is 0 Å². The summed E-state index contributed by atoms with van der Waals surface area (Å²) in [4.78, 5) is 37.7. The lowest BCUT2D eigenvalue weighted by Crippen LogP contribution is -2.59. The molecule has 1 heterocycles. The minimum atomic E-state index is -0.329. The smallest absolute Gasteiger partial charge is 0.251 e. The van der Waals surface area contributed by atoms with Gasteiger partial charge in [-0.05, 0) is 43.9 Å². The molecule has 2 aliphatic carbocycles. The molecular formula is C20H23N3O3. The Labute approximate surface area is 152 Å². The first-order valence-electron chi connectivity index (χ1n) is 9.34. The molecule has 2 fully saturated rings. The first kappa shape index (κ1) is 16.8. The molecule has 0 spiro atoms. The monoisotopic (exact) mass is 353 g/mol. The van der Waals surface area contributed by atoms with Crippen LogP contribution >= 0.6 is 0 Å². The zero-order chi connectivity index (χ0) is 18.1. The van der Waals surface area contributed by atoms with Gasteiger partial charge in [0.05, 0.1) is 17.5 Å². The number of carbonyl (C=O) groups excluding carboxylic acids is 3. The molecule has 136 valence electrons. The van der Waals surface area contributed by atoms with Crippen molar-refractivity contribution in [2.75, 3.05) is 5.01 Å². The van der Waals surface area contributed by atoms with Gasteiger partial charge in [-0.1, -0.05) is 31.1 Å². The van der Waals surface area contributed by atoms with E-state index in [-0.39, 0.29) is 35.6 Å². The number of nitrogens with one attached hydrogen (secondary N) is 2. The highest BCUT2D eigenvalue weighted by Gasteiger charge is 2.42. The fourth-order valence-electron chi connectivity index (χ4n) is 4.11. The second-order valence-electron chi connectivity index (χ2n) is 7.31. The average Bonchev–Trinajstić information content (AvgIpc) is 3.18. The van der Waals surface area contributed by atoms with E-state index >= 15 is 0 Å². The molecule has 0 aromatic heterocycles. The molecule has 3 amide bonds. The Morgan fingerprint density at radius 1 is 1.08 bits per heavy atom. The molecule has 2 N–H and O–H groups in total. The number of amides is 3. The predicted octanol–water partition coefficient (Wildman–Crippen LogP) is 2.32. The number of carbonyl (C=O) groups is 3. The maximum atomic E-state index is 12.8. The largest absolute Gasteiger partial charge is 0.349 e. The van der Waals surface area contributed by atoms with Crippen molar-refractivity contribution in [2.24, 2.45) is 11.8 Å². The molecule has 26 heavy (non-hydrogen) atoms. The second kappa shape index (κ2) is 6.94. The van der Waals surface area contributed by atoms with Crippen molar-refractivity contribution in [3.63, 3.8) is 0 Å². The summed E-state index contributed by atoms with van der Waals surface area (Å²) in [6.07, 6.45) is 9.42. The van der Waals surface area contributed by atoms with Crippen molar-refractivity contribution in [3.8, 4) is 0 Å². The molecule has 3 aliphatic rings. The van der Waals surface area contributed by atoms with Crippen molar-refractivity contribution in [1.29, 1.82) is 0 Å². The van der Waals surface area contributed by atoms with E-state index in [0.29, 0.717) is 24.1 Å². The van der Waals surface area contributed by atoms with E-state index in [2.05, 4.69) is 10.7 Å². The summed E-state index contributed by atoms with van der Waals surface area (Å²) in [5.41, 5.74) is 3.73. The third-order valence-electron chi connectivity index (χ3n) is 5.59. The highest BCUT2D eigenvalue weighted by Crippen LogP contribution is 2.32. The van der Waals surface area contributed by atoms with Crippen molar-refractivity contribution < 1.29 is 14.4 Å². The molecule has 1 aromatic carbocycles. The lowest BCUT2D eigenvalue weighted by Gasteiger charge is -2.38. The number of allylic oxidation sites excluding steroid dienone is 2. The Hall–Kier alpha value is -2.63. The predicted molar refractivity (Wildman–Crippen MR) is 97.1 cm³/mol. The topological polar surface area (TPSA) is 78.5 Å². The van der Waals surface area contributed by atoms with Gasteiger partial charge in [-0.2, -0.15) is 0 Å². The SMILES string of the molecule is O=C(NC1CCCC1)c1cccc(N2NC(=O)[C@@H]3CC=CC[C@H]3C2=O)c1. The number of fused-ring (bicyclic) bond motifs is 1. The van der Waals surface area contributed by atoms with Gasteiger partial charge in [0.25, 0.3) is 5.91 Å². The first-order valence-corrected chi connectivity index (χ1v) is 9.34. The van der Waals surface area contributed by atoms with Gasteiger partial charge in [0.15, 0.2) is 0 Å². The van der Waals surface area contributed by atoms with Gasteiger partial charge in [0, 0.05) is 11.6 Å². The van der Waals surface area contributed by atoms with Gasteiger partial charge < -0.3 is 5.32 Å². The van der Waals surface area contributed by atoms with Crippen LogP contribution in [0.2, 0.25) is 0 Å². The van der Waals surface area contributed by atoms with Gasteiger partial charge in [-0.15, -0.1) is 0 Å². The van der Waals surface area contributed by atoms with Crippen LogP contribution in [0.15, 0.2) is 36.4 Å². The standard InChI is InChI=1S/C20H23N3O3/c24-18(21-14-7-1-2-8-14)13-6-5-9-15(12-13)23-20(26)17-11-4-3-10-16(17)19(25)22-23/h3-6,9,12,14,16-17H,1-2,7-8,10-11H2,(H,21,24)(H,22,25)/t16-,17-/m1/s1. The zero-order valence-corrected chi connectivity index (χ0v) is 14.6. The van der Waals surface area contributed by atoms with Crippen LogP contribution in [0.4, 0.5) is 5.69 Å². The third kappa shape index (κ3) is 3.11. The molecule has 6 nitrogen and oxygen atoms in total. The number of anilines is 1. The molecule has 0 bridgehead atoms. The van der Waals surface area contributed by atoms with Gasteiger partial charge >= 0.3 is 0 Å². The van der Waals surface area contributed by atoms with Crippen LogP contribution in [-0.2, 0) is 9.59 Å². The van der Waals surface area contributed by atoms with Crippen LogP contribution in [0.3, 0.4) is 0 Å². The quantitative estimate of drug-likeness (QED) is 0.819. The summed E-state index contributed by atoms with van der Waals surface area (Å²) in [6.45, 7) is 0. The summed E-state index contributed by atoms with van der Waals surface area (Å²) in [5, 5.41) is 4.35. The Morgan fingerprint density at radius 3 is 2.58 bits per heavy atom. The van der Waals surface area contributed by atoms with Gasteiger partial charge in [0.1, 0.15) is 0 Å². The third-order valence-corrected chi connectivity index (χ3v) is 5.59. The lowest BCUT2D eigenvalue weighted by atomic mass is 9.80. The van der Waals surface area contributed by atoms with Crippen molar-refractivity contribution in [2.45, 2.75) is 44.6 Å². The fraction of sp³-hybridized carbons (Fsp3) is 0.450. The zero-order valence-electron chi connectivity index (χ0n) is 14.6. The number of nitrogens with zero attached hydrogens (tertiary/aromatic N) is 1. The van der Waals surface area contributed by atoms with E-state index in [9.17, 15) is 14.4 Å². The van der Waals surface area contributed by atoms with Crippen molar-refractivity contribution >= 4 is 23.4 Å². The molecular weight excluding hydrogens is 330 g/mol. The molecule has 2 atom stereocenters. The van der Waals surface area contributed by atoms with Crippen LogP contribution in [-0.4, -0.2) is 23.8 Å². The normalized spacial score (nSPS) is 25.8. The lowest BCUT2D eigenvalue weighted by molar-refractivity contribution is -0.139. The Bertz CT molecular complexity index is 767. The molecule has 1 saturated carbocycles. The molecule has 0 radical (unpaired) electrons. The molecule has 4 rings (SSSR count). The Balaban J connectivity index is 1.54. The van der Waals surface area contributed by atoms with E-state index in [1.807, 2.05) is 12.2 Å². The van der Waals surface area contributed by atoms with E-state index in [4.69, 9.17) is 0 Å². The number of benzene rings is 1. The van der Waals surface area contributed by atoms with Gasteiger partial charge in [0.2, 0.25) is 11.8 Å². The second-order valence-corrected chi connectivity index (χ2v) is 7.31. The Kier molecular flexibility index (Phi) is 4.49. The van der Waals surface area contributed by atoms with E-state index in [0.717, 1.165) is 25.7 Å². The van der Waals surface area contributed by atoms with Crippen LogP contribution in [0, 0.1) is 11.8 Å². The first-order chi connectivity index (χ1) is 12.6. The van der Waals surface area contributed by atoms with Crippen LogP contribution < -0.4 is 15.8 Å². The van der Waals surface area contributed by atoms with E-state index in [1.165, 1.54) is 5.01 Å². The molecule has 1 saturated heterocycles. The summed E-state index contributed by atoms with van der Waals surface area (Å²) >= 11 is 0. The maximum Gasteiger partial charge on any atom is 0.251 e. The summed E-state index contributed by atoms with van der Waals surface area (Å²) < 4.78 is 0. The molecule has 6 heteroatoms. The molecule has 1 aromatic rings. The summed E-state index contributed by atoms with van der Waals surface area (Å²) in [5.74, 6) is -1.01. The van der Waals surface area contributed by atoms with Crippen LogP contribution in [0.25, 0.3) is 0 Å². The van der Waals surface area contributed by atoms with Gasteiger partial charge in [-0.25, -0.2) is 5.01 Å². The fourth-order valence-corrected chi connectivity index (χ4v) is 4.11. The average molecular weight is 353 g/mol. The highest BCUT2D eigenvalue weighted by molar-refractivity contribution is 6.05. The molecule has 1 aliphatic heterocycles. The number of hydrogen-bond donors (Lipinski definition) is 2.